The van der Waals surface area contributed by atoms with Crippen LogP contribution in [0, 0.1) is 6.92 Å². The van der Waals surface area contributed by atoms with Gasteiger partial charge in [0.1, 0.15) is 11.6 Å². The zero-order chi connectivity index (χ0) is 15.7. The van der Waals surface area contributed by atoms with Crippen LogP contribution in [0.15, 0.2) is 22.8 Å². The van der Waals surface area contributed by atoms with Crippen LogP contribution in [0.4, 0.5) is 5.82 Å². The minimum atomic E-state index is 0. The lowest BCUT2D eigenvalue weighted by atomic mass is 10.1. The van der Waals surface area contributed by atoms with Crippen LogP contribution in [0.25, 0.3) is 10.2 Å². The maximum atomic E-state index is 6.07. The maximum Gasteiger partial charge on any atom is 0.224 e. The second-order valence-electron chi connectivity index (χ2n) is 5.28. The number of hydrogen-bond donors (Lipinski definition) is 2. The summed E-state index contributed by atoms with van der Waals surface area (Å²) in [5.74, 6) is 1.57. The quantitative estimate of drug-likeness (QED) is 0.603. The Hall–Kier alpha value is -1.05. The molecule has 0 saturated heterocycles. The van der Waals surface area contributed by atoms with Gasteiger partial charge in [-0.25, -0.2) is 4.98 Å². The second kappa shape index (κ2) is 8.87. The Kier molecular flexibility index (Phi) is 7.76. The van der Waals surface area contributed by atoms with Crippen LogP contribution < -0.4 is 11.1 Å². The van der Waals surface area contributed by atoms with Gasteiger partial charge in [0.2, 0.25) is 5.28 Å². The molecule has 1 atom stereocenters. The Morgan fingerprint density at radius 3 is 2.75 bits per heavy atom. The van der Waals surface area contributed by atoms with Gasteiger partial charge in [0.15, 0.2) is 0 Å². The molecule has 0 radical (unpaired) electrons. The molecule has 3 heterocycles. The van der Waals surface area contributed by atoms with Crippen molar-refractivity contribution >= 4 is 63.8 Å². The molecule has 3 aromatic heterocycles. The average Bonchev–Trinajstić information content (AvgIpc) is 3.07. The SMILES string of the molecule is Cc1c(C[C@H](C)N)sc2c(NCc3ccco3)nc(Cl)nc12.Cl.Cl. The molecule has 0 fully saturated rings. The Morgan fingerprint density at radius 2 is 2.12 bits per heavy atom. The molecular formula is C15H19Cl3N4OS. The highest BCUT2D eigenvalue weighted by atomic mass is 35.5. The van der Waals surface area contributed by atoms with Crippen LogP contribution in [0.3, 0.4) is 0 Å². The number of nitrogens with one attached hydrogen (secondary N) is 1. The van der Waals surface area contributed by atoms with E-state index in [1.54, 1.807) is 17.6 Å². The molecular weight excluding hydrogens is 391 g/mol. The Balaban J connectivity index is 0.00000144. The monoisotopic (exact) mass is 408 g/mol. The fourth-order valence-corrected chi connectivity index (χ4v) is 3.82. The van der Waals surface area contributed by atoms with Crippen LogP contribution in [-0.4, -0.2) is 16.0 Å². The summed E-state index contributed by atoms with van der Waals surface area (Å²) in [4.78, 5) is 9.91. The standard InChI is InChI=1S/C15H17ClN4OS.2ClH/c1-8(17)6-11-9(2)12-13(22-11)14(20-15(16)19-12)18-7-10-4-3-5-21-10;;/h3-5,8H,6-7,17H2,1-2H3,(H,18,19,20);2*1H/t8-;;/m0../s1. The minimum absolute atomic E-state index is 0. The van der Waals surface area contributed by atoms with Crippen molar-refractivity contribution in [2.45, 2.75) is 32.9 Å². The molecule has 9 heteroatoms. The summed E-state index contributed by atoms with van der Waals surface area (Å²) in [7, 11) is 0. The first kappa shape index (κ1) is 21.0. The molecule has 0 amide bonds. The van der Waals surface area contributed by atoms with Crippen LogP contribution in [0.5, 0.6) is 0 Å². The predicted molar refractivity (Wildman–Crippen MR) is 105 cm³/mol. The van der Waals surface area contributed by atoms with E-state index in [2.05, 4.69) is 22.2 Å². The largest absolute Gasteiger partial charge is 0.467 e. The number of rotatable bonds is 5. The smallest absolute Gasteiger partial charge is 0.224 e. The molecule has 0 aliphatic heterocycles. The van der Waals surface area contributed by atoms with E-state index in [1.807, 2.05) is 19.1 Å². The van der Waals surface area contributed by atoms with Gasteiger partial charge in [-0.15, -0.1) is 36.2 Å². The third kappa shape index (κ3) is 4.52. The fraction of sp³-hybridized carbons (Fsp3) is 0.333. The zero-order valence-electron chi connectivity index (χ0n) is 13.2. The van der Waals surface area contributed by atoms with Gasteiger partial charge in [0.25, 0.3) is 0 Å². The topological polar surface area (TPSA) is 77.0 Å². The van der Waals surface area contributed by atoms with Crippen molar-refractivity contribution in [3.05, 3.63) is 39.9 Å². The molecule has 0 aliphatic carbocycles. The molecule has 0 spiro atoms. The first-order valence-corrected chi connectivity index (χ1v) is 8.21. The predicted octanol–water partition coefficient (Wildman–Crippen LogP) is 4.59. The molecule has 132 valence electrons. The summed E-state index contributed by atoms with van der Waals surface area (Å²) in [6.45, 7) is 4.60. The van der Waals surface area contributed by atoms with Crippen molar-refractivity contribution in [3.8, 4) is 0 Å². The molecule has 3 N–H and O–H groups in total. The summed E-state index contributed by atoms with van der Waals surface area (Å²) in [5, 5.41) is 3.51. The van der Waals surface area contributed by atoms with Gasteiger partial charge < -0.3 is 15.5 Å². The molecule has 3 aromatic rings. The zero-order valence-corrected chi connectivity index (χ0v) is 16.4. The van der Waals surface area contributed by atoms with Crippen molar-refractivity contribution in [1.82, 2.24) is 9.97 Å². The highest BCUT2D eigenvalue weighted by molar-refractivity contribution is 7.19. The van der Waals surface area contributed by atoms with Gasteiger partial charge >= 0.3 is 0 Å². The van der Waals surface area contributed by atoms with E-state index in [1.165, 1.54) is 4.88 Å². The number of aryl methyl sites for hydroxylation is 1. The first-order valence-electron chi connectivity index (χ1n) is 7.02. The lowest BCUT2D eigenvalue weighted by molar-refractivity contribution is 0.518. The summed E-state index contributed by atoms with van der Waals surface area (Å²) in [6, 6.07) is 3.87. The van der Waals surface area contributed by atoms with Crippen LogP contribution in [0.2, 0.25) is 5.28 Å². The van der Waals surface area contributed by atoms with E-state index in [9.17, 15) is 0 Å². The summed E-state index contributed by atoms with van der Waals surface area (Å²) in [5.41, 5.74) is 7.94. The summed E-state index contributed by atoms with van der Waals surface area (Å²) in [6.07, 6.45) is 2.47. The number of furan rings is 1. The second-order valence-corrected chi connectivity index (χ2v) is 6.73. The van der Waals surface area contributed by atoms with Gasteiger partial charge in [-0.2, -0.15) is 4.98 Å². The van der Waals surface area contributed by atoms with Crippen LogP contribution in [0.1, 0.15) is 23.1 Å². The van der Waals surface area contributed by atoms with Gasteiger partial charge in [-0.3, -0.25) is 0 Å². The average molecular weight is 410 g/mol. The van der Waals surface area contributed by atoms with Crippen molar-refractivity contribution in [1.29, 1.82) is 0 Å². The number of hydrogen-bond acceptors (Lipinski definition) is 6. The minimum Gasteiger partial charge on any atom is -0.467 e. The Labute approximate surface area is 161 Å². The normalized spacial score (nSPS) is 11.7. The Bertz CT molecular complexity index is 790. The van der Waals surface area contributed by atoms with E-state index in [0.717, 1.165) is 33.8 Å². The van der Waals surface area contributed by atoms with Crippen LogP contribution in [-0.2, 0) is 13.0 Å². The number of aromatic nitrogens is 2. The first-order chi connectivity index (χ1) is 10.5. The fourth-order valence-electron chi connectivity index (χ4n) is 2.30. The number of fused-ring (bicyclic) bond motifs is 1. The Morgan fingerprint density at radius 1 is 1.38 bits per heavy atom. The molecule has 0 saturated carbocycles. The van der Waals surface area contributed by atoms with E-state index in [0.29, 0.717) is 6.54 Å². The lowest BCUT2D eigenvalue weighted by Gasteiger charge is -2.05. The number of nitrogens with zero attached hydrogens (tertiary/aromatic N) is 2. The van der Waals surface area contributed by atoms with Gasteiger partial charge in [-0.05, 0) is 49.6 Å². The van der Waals surface area contributed by atoms with Gasteiger partial charge in [-0.1, -0.05) is 0 Å². The van der Waals surface area contributed by atoms with Crippen LogP contribution >= 0.6 is 47.8 Å². The molecule has 0 aliphatic rings. The molecule has 3 rings (SSSR count). The maximum absolute atomic E-state index is 6.07. The van der Waals surface area contributed by atoms with E-state index in [-0.39, 0.29) is 36.1 Å². The van der Waals surface area contributed by atoms with Gasteiger partial charge in [0, 0.05) is 10.9 Å². The molecule has 24 heavy (non-hydrogen) atoms. The summed E-state index contributed by atoms with van der Waals surface area (Å²) >= 11 is 7.73. The van der Waals surface area contributed by atoms with Crippen molar-refractivity contribution in [2.24, 2.45) is 5.73 Å². The van der Waals surface area contributed by atoms with E-state index in [4.69, 9.17) is 21.8 Å². The van der Waals surface area contributed by atoms with Crippen molar-refractivity contribution < 1.29 is 4.42 Å². The van der Waals surface area contributed by atoms with E-state index >= 15 is 0 Å². The lowest BCUT2D eigenvalue weighted by Crippen LogP contribution is -2.17. The number of halogens is 3. The van der Waals surface area contributed by atoms with Gasteiger partial charge in [0.05, 0.1) is 23.0 Å². The molecule has 0 bridgehead atoms. The highest BCUT2D eigenvalue weighted by Gasteiger charge is 2.16. The molecule has 0 unspecified atom stereocenters. The third-order valence-electron chi connectivity index (χ3n) is 3.35. The summed E-state index contributed by atoms with van der Waals surface area (Å²) < 4.78 is 6.33. The number of nitrogens with two attached hydrogens (primary N) is 1. The molecule has 0 aromatic carbocycles. The molecule has 5 nitrogen and oxygen atoms in total. The highest BCUT2D eigenvalue weighted by Crippen LogP contribution is 2.35. The van der Waals surface area contributed by atoms with Crippen molar-refractivity contribution in [3.63, 3.8) is 0 Å². The van der Waals surface area contributed by atoms with E-state index < -0.39 is 0 Å². The number of thiophene rings is 1. The van der Waals surface area contributed by atoms with Crippen molar-refractivity contribution in [2.75, 3.05) is 5.32 Å². The third-order valence-corrected chi connectivity index (χ3v) is 4.83. The number of anilines is 1.